The minimum Gasteiger partial charge on any atom is -0.550 e. The number of pyridine rings is 1. The van der Waals surface area contributed by atoms with Crippen molar-refractivity contribution >= 4 is 29.3 Å². The molecule has 0 spiro atoms. The van der Waals surface area contributed by atoms with Gasteiger partial charge >= 0.3 is 35.6 Å². The van der Waals surface area contributed by atoms with Gasteiger partial charge in [0.05, 0.1) is 6.04 Å². The summed E-state index contributed by atoms with van der Waals surface area (Å²) in [4.78, 5) is 29.5. The number of nitrogens with one attached hydrogen (secondary N) is 1. The number of aromatic nitrogens is 1. The van der Waals surface area contributed by atoms with Crippen LogP contribution in [0.5, 0.6) is 0 Å². The number of carbonyl (C=O) groups excluding carboxylic acids is 2. The van der Waals surface area contributed by atoms with Gasteiger partial charge in [0.15, 0.2) is 0 Å². The normalized spacial score (nSPS) is 18.2. The zero-order valence-electron chi connectivity index (χ0n) is 17.0. The number of hydrogen-bond acceptors (Lipinski definition) is 4. The van der Waals surface area contributed by atoms with Crippen LogP contribution >= 0.6 is 11.6 Å². The Labute approximate surface area is 203 Å². The molecule has 1 fully saturated rings. The average molecular weight is 436 g/mol. The van der Waals surface area contributed by atoms with Crippen LogP contribution in [-0.4, -0.2) is 28.4 Å². The SMILES string of the molecule is O=C([O-])CC/C=C\C[C@@H]1CCN(C(=O)Nc2ccc(Cl)cc2)[C@@H]1c1cccnc1.[Na+]. The number of carboxylic acid groups (broad SMARTS) is 1. The molecule has 2 aromatic rings. The number of anilines is 1. The van der Waals surface area contributed by atoms with E-state index in [2.05, 4.69) is 10.3 Å². The third-order valence-electron chi connectivity index (χ3n) is 5.03. The van der Waals surface area contributed by atoms with Gasteiger partial charge < -0.3 is 20.1 Å². The summed E-state index contributed by atoms with van der Waals surface area (Å²) in [5.41, 5.74) is 1.68. The van der Waals surface area contributed by atoms with E-state index in [1.54, 1.807) is 36.7 Å². The van der Waals surface area contributed by atoms with Crippen LogP contribution in [0.3, 0.4) is 0 Å². The van der Waals surface area contributed by atoms with Crippen molar-refractivity contribution in [2.75, 3.05) is 11.9 Å². The fourth-order valence-corrected chi connectivity index (χ4v) is 3.78. The second-order valence-corrected chi connectivity index (χ2v) is 7.46. The molecule has 1 aliphatic rings. The van der Waals surface area contributed by atoms with Gasteiger partial charge in [-0.05, 0) is 67.5 Å². The Hall–Kier alpha value is -1.86. The van der Waals surface area contributed by atoms with Crippen molar-refractivity contribution in [3.8, 4) is 0 Å². The van der Waals surface area contributed by atoms with E-state index in [0.717, 1.165) is 18.4 Å². The summed E-state index contributed by atoms with van der Waals surface area (Å²) in [5, 5.41) is 14.1. The van der Waals surface area contributed by atoms with Crippen molar-refractivity contribution in [2.45, 2.75) is 31.7 Å². The van der Waals surface area contributed by atoms with E-state index in [0.29, 0.717) is 23.7 Å². The fourth-order valence-electron chi connectivity index (χ4n) is 3.65. The smallest absolute Gasteiger partial charge is 0.550 e. The van der Waals surface area contributed by atoms with Crippen molar-refractivity contribution in [2.24, 2.45) is 5.92 Å². The molecule has 0 bridgehead atoms. The first-order valence-electron chi connectivity index (χ1n) is 9.62. The molecule has 2 heterocycles. The van der Waals surface area contributed by atoms with E-state index >= 15 is 0 Å². The van der Waals surface area contributed by atoms with E-state index in [1.165, 1.54) is 0 Å². The maximum Gasteiger partial charge on any atom is 1.00 e. The molecule has 0 saturated carbocycles. The molecule has 8 heteroatoms. The number of rotatable bonds is 7. The number of benzene rings is 1. The maximum atomic E-state index is 13.0. The zero-order chi connectivity index (χ0) is 20.6. The van der Waals surface area contributed by atoms with Crippen LogP contribution in [-0.2, 0) is 4.79 Å². The summed E-state index contributed by atoms with van der Waals surface area (Å²) in [7, 11) is 0. The summed E-state index contributed by atoms with van der Waals surface area (Å²) in [6, 6.07) is 10.6. The van der Waals surface area contributed by atoms with Gasteiger partial charge in [-0.2, -0.15) is 0 Å². The Morgan fingerprint density at radius 2 is 2.00 bits per heavy atom. The van der Waals surface area contributed by atoms with Gasteiger partial charge in [-0.15, -0.1) is 0 Å². The summed E-state index contributed by atoms with van der Waals surface area (Å²) in [5.74, 6) is -0.817. The van der Waals surface area contributed by atoms with Gasteiger partial charge in [0, 0.05) is 35.6 Å². The molecule has 0 aliphatic carbocycles. The first-order valence-corrected chi connectivity index (χ1v) is 10.0. The third kappa shape index (κ3) is 6.84. The number of allylic oxidation sites excluding steroid dienone is 2. The molecule has 1 aromatic heterocycles. The number of carbonyl (C=O) groups is 2. The number of aliphatic carboxylic acids is 1. The van der Waals surface area contributed by atoms with Crippen LogP contribution in [0.4, 0.5) is 10.5 Å². The summed E-state index contributed by atoms with van der Waals surface area (Å²) < 4.78 is 0. The molecule has 3 rings (SSSR count). The van der Waals surface area contributed by atoms with E-state index in [1.807, 2.05) is 29.2 Å². The van der Waals surface area contributed by atoms with Crippen molar-refractivity contribution in [3.05, 3.63) is 71.5 Å². The van der Waals surface area contributed by atoms with Crippen molar-refractivity contribution in [1.82, 2.24) is 9.88 Å². The first-order chi connectivity index (χ1) is 14.0. The number of halogens is 1. The molecule has 30 heavy (non-hydrogen) atoms. The monoisotopic (exact) mass is 435 g/mol. The van der Waals surface area contributed by atoms with Gasteiger partial charge in [0.25, 0.3) is 0 Å². The van der Waals surface area contributed by atoms with E-state index < -0.39 is 5.97 Å². The molecule has 2 amide bonds. The Morgan fingerprint density at radius 1 is 1.23 bits per heavy atom. The fraction of sp³-hybridized carbons (Fsp3) is 0.318. The minimum atomic E-state index is -1.05. The second-order valence-electron chi connectivity index (χ2n) is 7.03. The third-order valence-corrected chi connectivity index (χ3v) is 5.28. The van der Waals surface area contributed by atoms with Crippen molar-refractivity contribution in [3.63, 3.8) is 0 Å². The molecule has 2 atom stereocenters. The standard InChI is InChI=1S/C22H24ClN3O3.Na/c23-18-8-10-19(11-9-18)25-22(29)26-14-12-16(5-2-1-3-7-20(27)28)21(26)17-6-4-13-24-15-17;/h1-2,4,6,8-11,13,15-16,21H,3,5,7,12,14H2,(H,25,29)(H,27,28);/q;+1/p-1/b2-1-;/t16-,21+;/m1./s1. The quantitative estimate of drug-likeness (QED) is 0.515. The summed E-state index contributed by atoms with van der Waals surface area (Å²) in [6.45, 7) is 0.635. The summed E-state index contributed by atoms with van der Waals surface area (Å²) in [6.07, 6.45) is 9.47. The Bertz CT molecular complexity index is 862. The van der Waals surface area contributed by atoms with E-state index in [9.17, 15) is 14.7 Å². The zero-order valence-corrected chi connectivity index (χ0v) is 19.7. The van der Waals surface area contributed by atoms with Crippen molar-refractivity contribution in [1.29, 1.82) is 0 Å². The van der Waals surface area contributed by atoms with Gasteiger partial charge in [-0.3, -0.25) is 4.98 Å². The van der Waals surface area contributed by atoms with Crippen molar-refractivity contribution < 1.29 is 44.3 Å². The van der Waals surface area contributed by atoms with Gasteiger partial charge in [0.2, 0.25) is 0 Å². The van der Waals surface area contributed by atoms with Gasteiger partial charge in [0.1, 0.15) is 0 Å². The van der Waals surface area contributed by atoms with Crippen LogP contribution in [0.15, 0.2) is 60.9 Å². The Kier molecular flexibility index (Phi) is 9.85. The predicted molar refractivity (Wildman–Crippen MR) is 110 cm³/mol. The van der Waals surface area contributed by atoms with Crippen LogP contribution in [0.1, 0.15) is 37.3 Å². The van der Waals surface area contributed by atoms with Crippen LogP contribution < -0.4 is 40.0 Å². The van der Waals surface area contributed by atoms with Crippen LogP contribution in [0.25, 0.3) is 0 Å². The molecule has 6 nitrogen and oxygen atoms in total. The molecular weight excluding hydrogens is 413 g/mol. The Balaban J connectivity index is 0.00000320. The van der Waals surface area contributed by atoms with Crippen LogP contribution in [0, 0.1) is 5.92 Å². The van der Waals surface area contributed by atoms with Gasteiger partial charge in [-0.1, -0.05) is 29.8 Å². The van der Waals surface area contributed by atoms with Gasteiger partial charge in [-0.25, -0.2) is 4.79 Å². The second kappa shape index (κ2) is 12.1. The number of nitrogens with zero attached hydrogens (tertiary/aromatic N) is 2. The van der Waals surface area contributed by atoms with E-state index in [4.69, 9.17) is 11.6 Å². The number of urea groups is 1. The molecular formula is C22H23ClN3NaO3. The molecule has 0 unspecified atom stereocenters. The molecule has 0 radical (unpaired) electrons. The molecule has 1 aliphatic heterocycles. The number of amides is 2. The first kappa shape index (κ1) is 24.4. The maximum absolute atomic E-state index is 13.0. The molecule has 1 N–H and O–H groups in total. The molecule has 1 aromatic carbocycles. The van der Waals surface area contributed by atoms with E-state index in [-0.39, 0.29) is 54.0 Å². The number of likely N-dealkylation sites (tertiary alicyclic amines) is 1. The molecule has 1 saturated heterocycles. The number of hydrogen-bond donors (Lipinski definition) is 1. The topological polar surface area (TPSA) is 85.4 Å². The number of carboxylic acids is 1. The minimum absolute atomic E-state index is 0. The van der Waals surface area contributed by atoms with Crippen LogP contribution in [0.2, 0.25) is 5.02 Å². The molecule has 152 valence electrons. The predicted octanol–water partition coefficient (Wildman–Crippen LogP) is 0.810. The largest absolute Gasteiger partial charge is 1.00 e. The summed E-state index contributed by atoms with van der Waals surface area (Å²) >= 11 is 5.91. The average Bonchev–Trinajstić information content (AvgIpc) is 3.14. The Morgan fingerprint density at radius 3 is 2.67 bits per heavy atom.